The molecule has 0 saturated carbocycles. The lowest BCUT2D eigenvalue weighted by Gasteiger charge is -2.21. The zero-order valence-electron chi connectivity index (χ0n) is 19.5. The van der Waals surface area contributed by atoms with Gasteiger partial charge in [0.1, 0.15) is 6.04 Å². The number of aliphatic imine (C=N–C) groups is 1. The smallest absolute Gasteiger partial charge is 0.326 e. The molecule has 2 unspecified atom stereocenters. The van der Waals surface area contributed by atoms with Crippen molar-refractivity contribution in [3.63, 3.8) is 0 Å². The Balaban J connectivity index is 1.33. The Morgan fingerprint density at radius 3 is 2.47 bits per heavy atom. The molecule has 180 valence electrons. The molecule has 36 heavy (non-hydrogen) atoms. The lowest BCUT2D eigenvalue weighted by atomic mass is 9.87. The van der Waals surface area contributed by atoms with Gasteiger partial charge in [0.2, 0.25) is 0 Å². The van der Waals surface area contributed by atoms with Gasteiger partial charge in [-0.2, -0.15) is 0 Å². The van der Waals surface area contributed by atoms with E-state index in [0.29, 0.717) is 16.1 Å². The summed E-state index contributed by atoms with van der Waals surface area (Å²) in [6, 6.07) is 22.0. The highest BCUT2D eigenvalue weighted by Crippen LogP contribution is 2.32. The molecule has 0 spiro atoms. The van der Waals surface area contributed by atoms with Crippen LogP contribution in [0.5, 0.6) is 0 Å². The van der Waals surface area contributed by atoms with Gasteiger partial charge < -0.3 is 10.4 Å². The van der Waals surface area contributed by atoms with Crippen LogP contribution in [0.2, 0.25) is 5.02 Å². The number of carbonyl (C=O) groups excluding carboxylic acids is 1. The standard InChI is InChI=1S/C30H25ClN2O3/c31-26-15-14-22(16-25(26)21-12-10-20(11-13-21)19-6-2-1-3-7-19)29(34)33-28(30(35)36)17-23-18-32-27-9-5-4-8-24(23)27/h1-8,10-16,18,23,27-28H,9,17H2,(H,33,34)(H,35,36)/t23?,27?,28-/m1/s1. The number of nitrogens with one attached hydrogen (secondary N) is 1. The number of nitrogens with zero attached hydrogens (tertiary/aromatic N) is 1. The minimum atomic E-state index is -1.07. The first-order valence-corrected chi connectivity index (χ1v) is 12.3. The summed E-state index contributed by atoms with van der Waals surface area (Å²) < 4.78 is 0. The number of hydrogen-bond donors (Lipinski definition) is 2. The fourth-order valence-electron chi connectivity index (χ4n) is 4.72. The number of hydrogen-bond acceptors (Lipinski definition) is 3. The van der Waals surface area contributed by atoms with E-state index in [1.165, 1.54) is 0 Å². The summed E-state index contributed by atoms with van der Waals surface area (Å²) in [4.78, 5) is 29.6. The highest BCUT2D eigenvalue weighted by Gasteiger charge is 2.32. The minimum Gasteiger partial charge on any atom is -0.480 e. The van der Waals surface area contributed by atoms with Gasteiger partial charge in [0.25, 0.3) is 5.91 Å². The van der Waals surface area contributed by atoms with Crippen LogP contribution >= 0.6 is 11.6 Å². The molecule has 0 radical (unpaired) electrons. The zero-order valence-corrected chi connectivity index (χ0v) is 20.2. The monoisotopic (exact) mass is 496 g/mol. The van der Waals surface area contributed by atoms with Crippen molar-refractivity contribution >= 4 is 29.7 Å². The predicted octanol–water partition coefficient (Wildman–Crippen LogP) is 6.20. The lowest BCUT2D eigenvalue weighted by molar-refractivity contribution is -0.139. The summed E-state index contributed by atoms with van der Waals surface area (Å²) in [5.74, 6) is -1.63. The number of carbonyl (C=O) groups is 2. The number of fused-ring (bicyclic) bond motifs is 1. The first kappa shape index (κ1) is 23.8. The van der Waals surface area contributed by atoms with E-state index in [9.17, 15) is 14.7 Å². The summed E-state index contributed by atoms with van der Waals surface area (Å²) >= 11 is 6.47. The van der Waals surface area contributed by atoms with Crippen molar-refractivity contribution in [1.82, 2.24) is 5.32 Å². The number of rotatable bonds is 7. The van der Waals surface area contributed by atoms with Crippen LogP contribution < -0.4 is 5.32 Å². The van der Waals surface area contributed by atoms with Crippen LogP contribution in [0.4, 0.5) is 0 Å². The third-order valence-corrected chi connectivity index (χ3v) is 7.00. The summed E-state index contributed by atoms with van der Waals surface area (Å²) in [6.07, 6.45) is 8.92. The Hall–Kier alpha value is -3.96. The molecule has 0 bridgehead atoms. The normalized spacial score (nSPS) is 18.9. The van der Waals surface area contributed by atoms with E-state index in [1.54, 1.807) is 18.2 Å². The first-order valence-electron chi connectivity index (χ1n) is 11.9. The Kier molecular flexibility index (Phi) is 6.83. The van der Waals surface area contributed by atoms with Crippen molar-refractivity contribution in [2.75, 3.05) is 0 Å². The second-order valence-corrected chi connectivity index (χ2v) is 9.40. The van der Waals surface area contributed by atoms with Gasteiger partial charge in [0.05, 0.1) is 6.04 Å². The molecule has 0 saturated heterocycles. The molecular weight excluding hydrogens is 472 g/mol. The van der Waals surface area contributed by atoms with E-state index in [0.717, 1.165) is 28.7 Å². The fraction of sp³-hybridized carbons (Fsp3) is 0.167. The van der Waals surface area contributed by atoms with Crippen molar-refractivity contribution in [3.8, 4) is 22.3 Å². The van der Waals surface area contributed by atoms with Gasteiger partial charge in [0.15, 0.2) is 0 Å². The molecule has 1 aliphatic heterocycles. The van der Waals surface area contributed by atoms with Crippen molar-refractivity contribution in [3.05, 3.63) is 107 Å². The van der Waals surface area contributed by atoms with Crippen LogP contribution in [0, 0.1) is 5.92 Å². The quantitative estimate of drug-likeness (QED) is 0.408. The van der Waals surface area contributed by atoms with Crippen LogP contribution in [0.25, 0.3) is 22.3 Å². The third kappa shape index (κ3) is 5.02. The SMILES string of the molecule is O=C(N[C@H](CC1C=NC2CC=CC=C12)C(=O)O)c1ccc(Cl)c(-c2ccc(-c3ccccc3)cc2)c1. The third-order valence-electron chi connectivity index (χ3n) is 6.67. The van der Waals surface area contributed by atoms with Gasteiger partial charge in [-0.15, -0.1) is 0 Å². The Morgan fingerprint density at radius 2 is 1.72 bits per heavy atom. The predicted molar refractivity (Wildman–Crippen MR) is 143 cm³/mol. The molecule has 0 fully saturated rings. The Bertz CT molecular complexity index is 1380. The van der Waals surface area contributed by atoms with Gasteiger partial charge in [-0.1, -0.05) is 84.4 Å². The number of aliphatic carboxylic acids is 1. The molecule has 5 rings (SSSR count). The van der Waals surface area contributed by atoms with Crippen molar-refractivity contribution in [2.45, 2.75) is 24.9 Å². The molecule has 2 aliphatic rings. The van der Waals surface area contributed by atoms with Crippen LogP contribution in [-0.2, 0) is 4.79 Å². The average molecular weight is 497 g/mol. The zero-order chi connectivity index (χ0) is 25.1. The van der Waals surface area contributed by atoms with E-state index >= 15 is 0 Å². The summed E-state index contributed by atoms with van der Waals surface area (Å²) in [5, 5.41) is 13.0. The number of amides is 1. The largest absolute Gasteiger partial charge is 0.480 e. The fourth-order valence-corrected chi connectivity index (χ4v) is 4.95. The van der Waals surface area contributed by atoms with Crippen LogP contribution in [-0.4, -0.2) is 35.3 Å². The molecule has 0 aromatic heterocycles. The second kappa shape index (κ2) is 10.3. The van der Waals surface area contributed by atoms with E-state index in [1.807, 2.05) is 73.0 Å². The first-order chi connectivity index (χ1) is 17.5. The molecular formula is C30H25ClN2O3. The number of carboxylic acid groups (broad SMARTS) is 1. The van der Waals surface area contributed by atoms with Gasteiger partial charge in [0, 0.05) is 28.3 Å². The number of halogens is 1. The molecule has 3 aromatic carbocycles. The maximum Gasteiger partial charge on any atom is 0.326 e. The molecule has 2 N–H and O–H groups in total. The van der Waals surface area contributed by atoms with E-state index < -0.39 is 17.9 Å². The minimum absolute atomic E-state index is 0.0808. The van der Waals surface area contributed by atoms with Crippen molar-refractivity contribution in [2.24, 2.45) is 10.9 Å². The summed E-state index contributed by atoms with van der Waals surface area (Å²) in [5.41, 5.74) is 5.23. The lowest BCUT2D eigenvalue weighted by Crippen LogP contribution is -2.42. The maximum atomic E-state index is 13.1. The van der Waals surface area contributed by atoms with Crippen LogP contribution in [0.1, 0.15) is 23.2 Å². The van der Waals surface area contributed by atoms with Gasteiger partial charge >= 0.3 is 5.97 Å². The summed E-state index contributed by atoms with van der Waals surface area (Å²) in [6.45, 7) is 0. The molecule has 3 aromatic rings. The number of benzene rings is 3. The van der Waals surface area contributed by atoms with Gasteiger partial charge in [-0.25, -0.2) is 4.79 Å². The Morgan fingerprint density at radius 1 is 1.00 bits per heavy atom. The van der Waals surface area contributed by atoms with Crippen LogP contribution in [0.3, 0.4) is 0 Å². The number of carboxylic acids is 1. The maximum absolute atomic E-state index is 13.1. The van der Waals surface area contributed by atoms with E-state index in [4.69, 9.17) is 11.6 Å². The van der Waals surface area contributed by atoms with Gasteiger partial charge in [-0.05, 0) is 53.3 Å². The molecule has 1 heterocycles. The molecule has 5 nitrogen and oxygen atoms in total. The van der Waals surface area contributed by atoms with Crippen molar-refractivity contribution < 1.29 is 14.7 Å². The second-order valence-electron chi connectivity index (χ2n) is 8.99. The van der Waals surface area contributed by atoms with E-state index in [2.05, 4.69) is 16.4 Å². The average Bonchev–Trinajstić information content (AvgIpc) is 3.32. The number of allylic oxidation sites excluding steroid dienone is 2. The summed E-state index contributed by atoms with van der Waals surface area (Å²) in [7, 11) is 0. The molecule has 1 aliphatic carbocycles. The topological polar surface area (TPSA) is 78.8 Å². The molecule has 6 heteroatoms. The molecule has 1 amide bonds. The Labute approximate surface area is 214 Å². The van der Waals surface area contributed by atoms with Crippen molar-refractivity contribution in [1.29, 1.82) is 0 Å². The van der Waals surface area contributed by atoms with Crippen LogP contribution in [0.15, 0.2) is 102 Å². The van der Waals surface area contributed by atoms with E-state index in [-0.39, 0.29) is 18.4 Å². The van der Waals surface area contributed by atoms with Gasteiger partial charge in [-0.3, -0.25) is 9.79 Å². The highest BCUT2D eigenvalue weighted by molar-refractivity contribution is 6.33. The molecule has 3 atom stereocenters. The highest BCUT2D eigenvalue weighted by atomic mass is 35.5.